The van der Waals surface area contributed by atoms with Crippen LogP contribution in [0.4, 0.5) is 0 Å². The molecule has 2 atom stereocenters. The van der Waals surface area contributed by atoms with E-state index in [0.717, 1.165) is 0 Å². The van der Waals surface area contributed by atoms with E-state index in [1.54, 1.807) is 0 Å². The van der Waals surface area contributed by atoms with Crippen LogP contribution in [0.3, 0.4) is 0 Å². The Bertz CT molecular complexity index is 356. The number of thiol groups is 1. The monoisotopic (exact) mass is 314 g/mol. The number of hydrogen-bond donors (Lipinski definition) is 3. The van der Waals surface area contributed by atoms with E-state index >= 15 is 0 Å². The molecule has 0 aliphatic heterocycles. The molecule has 0 amide bonds. The number of carbonyl (C=O) groups is 2. The zero-order valence-electron chi connectivity index (χ0n) is 13.2. The van der Waals surface area contributed by atoms with E-state index < -0.39 is 32.4 Å². The first-order valence-corrected chi connectivity index (χ1v) is 5.58. The summed E-state index contributed by atoms with van der Waals surface area (Å²) in [5.74, 6) is -3.10. The SMILES string of the molecule is CCC(C(=O)S)C(C(=O)O)S(=O)(=O)O.[H-].[H-].[H-].[Na+].[Na+].[Na+]. The maximum atomic E-state index is 10.8. The van der Waals surface area contributed by atoms with Gasteiger partial charge in [-0.3, -0.25) is 14.1 Å². The largest absolute Gasteiger partial charge is 1.00 e. The molecule has 0 aromatic rings. The minimum Gasteiger partial charge on any atom is -1.00 e. The van der Waals surface area contributed by atoms with Gasteiger partial charge in [-0.1, -0.05) is 6.92 Å². The number of rotatable bonds is 5. The molecule has 0 aromatic carbocycles. The molecular weight excluding hydrogens is 301 g/mol. The number of carboxylic acids is 1. The van der Waals surface area contributed by atoms with E-state index in [4.69, 9.17) is 9.66 Å². The predicted octanol–water partition coefficient (Wildman–Crippen LogP) is -8.84. The molecule has 88 valence electrons. The van der Waals surface area contributed by atoms with Gasteiger partial charge in [0, 0.05) is 0 Å². The van der Waals surface area contributed by atoms with Gasteiger partial charge >= 0.3 is 94.6 Å². The molecule has 0 aliphatic carbocycles. The number of carboxylic acid groups (broad SMARTS) is 1. The number of hydrogen-bond acceptors (Lipinski definition) is 4. The van der Waals surface area contributed by atoms with E-state index in [1.807, 2.05) is 0 Å². The average Bonchev–Trinajstić information content (AvgIpc) is 1.95. The van der Waals surface area contributed by atoms with Gasteiger partial charge in [-0.15, -0.1) is 12.6 Å². The van der Waals surface area contributed by atoms with Crippen LogP contribution in [-0.4, -0.2) is 34.4 Å². The molecule has 2 N–H and O–H groups in total. The standard InChI is InChI=1S/C6H10O6S2.3Na.3H/c1-2-3(6(9)13)4(5(7)8)14(10,11)12;;;;;;/h3-4H,2H2,1H3,(H,7,8)(H,9,13)(H,10,11,12);;;;;;/q;3*+1;3*-1. The minimum atomic E-state index is -4.79. The van der Waals surface area contributed by atoms with Crippen LogP contribution in [0.15, 0.2) is 0 Å². The summed E-state index contributed by atoms with van der Waals surface area (Å²) in [6.07, 6.45) is -0.0287. The van der Waals surface area contributed by atoms with Crippen LogP contribution < -0.4 is 88.7 Å². The Labute approximate surface area is 176 Å². The van der Waals surface area contributed by atoms with Gasteiger partial charge < -0.3 is 9.39 Å². The molecule has 0 spiro atoms. The first kappa shape index (κ1) is 27.7. The Morgan fingerprint density at radius 2 is 1.65 bits per heavy atom. The van der Waals surface area contributed by atoms with Crippen LogP contribution >= 0.6 is 12.6 Å². The number of carbonyl (C=O) groups excluding carboxylic acids is 1. The summed E-state index contributed by atoms with van der Waals surface area (Å²) in [5.41, 5.74) is 0. The molecule has 11 heteroatoms. The van der Waals surface area contributed by atoms with Crippen LogP contribution in [0.2, 0.25) is 0 Å². The minimum absolute atomic E-state index is 0. The Kier molecular flexibility index (Phi) is 19.8. The van der Waals surface area contributed by atoms with Crippen molar-refractivity contribution in [1.82, 2.24) is 0 Å². The normalized spacial score (nSPS) is 13.1. The Morgan fingerprint density at radius 1 is 1.29 bits per heavy atom. The fourth-order valence-corrected chi connectivity index (χ4v) is 2.44. The maximum absolute atomic E-state index is 10.8. The topological polar surface area (TPSA) is 109 Å². The van der Waals surface area contributed by atoms with Gasteiger partial charge in [-0.05, 0) is 6.42 Å². The Morgan fingerprint density at radius 3 is 1.71 bits per heavy atom. The Hall–Kier alpha value is 2.40. The van der Waals surface area contributed by atoms with Crippen molar-refractivity contribution in [1.29, 1.82) is 0 Å². The second-order valence-corrected chi connectivity index (χ2v) is 4.61. The van der Waals surface area contributed by atoms with Gasteiger partial charge in [0.1, 0.15) is 0 Å². The first-order chi connectivity index (χ1) is 6.21. The molecule has 2 unspecified atom stereocenters. The van der Waals surface area contributed by atoms with Crippen molar-refractivity contribution in [2.75, 3.05) is 0 Å². The second-order valence-electron chi connectivity index (χ2n) is 2.63. The molecule has 6 nitrogen and oxygen atoms in total. The molecule has 0 rings (SSSR count). The average molecular weight is 314 g/mol. The van der Waals surface area contributed by atoms with Crippen LogP contribution in [0.5, 0.6) is 0 Å². The van der Waals surface area contributed by atoms with Gasteiger partial charge in [-0.25, -0.2) is 0 Å². The van der Waals surface area contributed by atoms with Crippen LogP contribution in [0.25, 0.3) is 0 Å². The van der Waals surface area contributed by atoms with E-state index in [9.17, 15) is 18.0 Å². The second kappa shape index (κ2) is 12.2. The fourth-order valence-electron chi connectivity index (χ4n) is 1.03. The zero-order chi connectivity index (χ0) is 11.5. The van der Waals surface area contributed by atoms with Crippen molar-refractivity contribution in [2.24, 2.45) is 5.92 Å². The molecule has 0 saturated carbocycles. The van der Waals surface area contributed by atoms with E-state index in [-0.39, 0.29) is 99.4 Å². The van der Waals surface area contributed by atoms with Crippen LogP contribution in [0.1, 0.15) is 17.6 Å². The summed E-state index contributed by atoms with van der Waals surface area (Å²) >= 11 is 3.36. The third-order valence-corrected chi connectivity index (χ3v) is 3.19. The van der Waals surface area contributed by atoms with Crippen molar-refractivity contribution in [2.45, 2.75) is 18.6 Å². The van der Waals surface area contributed by atoms with Gasteiger partial charge in [0.05, 0.1) is 5.92 Å². The molecule has 0 bridgehead atoms. The van der Waals surface area contributed by atoms with Crippen LogP contribution in [0, 0.1) is 5.92 Å². The Balaban J connectivity index is -0.0000000563. The summed E-state index contributed by atoms with van der Waals surface area (Å²) in [4.78, 5) is 21.3. The van der Waals surface area contributed by atoms with Crippen molar-refractivity contribution in [3.8, 4) is 0 Å². The molecule has 0 fully saturated rings. The molecular formula is C6H13Na3O6S2. The molecule has 0 heterocycles. The van der Waals surface area contributed by atoms with E-state index in [2.05, 4.69) is 12.6 Å². The quantitative estimate of drug-likeness (QED) is 0.264. The molecule has 0 aliphatic rings. The van der Waals surface area contributed by atoms with Crippen molar-refractivity contribution >= 4 is 33.8 Å². The smallest absolute Gasteiger partial charge is 1.00 e. The van der Waals surface area contributed by atoms with Gasteiger partial charge in [0.25, 0.3) is 10.1 Å². The summed E-state index contributed by atoms with van der Waals surface area (Å²) < 4.78 is 29.9. The van der Waals surface area contributed by atoms with E-state index in [0.29, 0.717) is 0 Å². The first-order valence-electron chi connectivity index (χ1n) is 3.63. The van der Waals surface area contributed by atoms with Crippen molar-refractivity contribution < 1.29 is 121 Å². The van der Waals surface area contributed by atoms with Crippen molar-refractivity contribution in [3.63, 3.8) is 0 Å². The van der Waals surface area contributed by atoms with Gasteiger partial charge in [0.2, 0.25) is 0 Å². The summed E-state index contributed by atoms with van der Waals surface area (Å²) in [6, 6.07) is 0. The zero-order valence-corrected chi connectivity index (χ0v) is 18.0. The summed E-state index contributed by atoms with van der Waals surface area (Å²) in [6.45, 7) is 1.43. The van der Waals surface area contributed by atoms with E-state index in [1.165, 1.54) is 6.92 Å². The molecule has 0 aromatic heterocycles. The van der Waals surface area contributed by atoms with Crippen LogP contribution in [-0.2, 0) is 19.7 Å². The third kappa shape index (κ3) is 9.86. The molecule has 0 saturated heterocycles. The maximum Gasteiger partial charge on any atom is 1.00 e. The number of aliphatic carboxylic acids is 1. The predicted molar refractivity (Wildman–Crippen MR) is 54.1 cm³/mol. The van der Waals surface area contributed by atoms with Gasteiger partial charge in [-0.2, -0.15) is 8.42 Å². The summed E-state index contributed by atoms with van der Waals surface area (Å²) in [7, 11) is -4.79. The summed E-state index contributed by atoms with van der Waals surface area (Å²) in [5, 5.41) is 5.52. The van der Waals surface area contributed by atoms with Gasteiger partial charge in [0.15, 0.2) is 10.4 Å². The molecule has 17 heavy (non-hydrogen) atoms. The fraction of sp³-hybridized carbons (Fsp3) is 0.667. The molecule has 0 radical (unpaired) electrons. The third-order valence-electron chi connectivity index (χ3n) is 1.69. The van der Waals surface area contributed by atoms with Crippen molar-refractivity contribution in [3.05, 3.63) is 0 Å².